The van der Waals surface area contributed by atoms with Gasteiger partial charge in [-0.2, -0.15) is 0 Å². The number of ketones is 1. The van der Waals surface area contributed by atoms with E-state index in [9.17, 15) is 4.79 Å². The second-order valence-corrected chi connectivity index (χ2v) is 4.85. The van der Waals surface area contributed by atoms with Crippen molar-refractivity contribution >= 4 is 5.78 Å². The Morgan fingerprint density at radius 3 is 3.00 bits per heavy atom. The molecule has 1 fully saturated rings. The van der Waals surface area contributed by atoms with Crippen molar-refractivity contribution in [3.8, 4) is 0 Å². The molecule has 0 spiro atoms. The molecule has 0 amide bonds. The maximum absolute atomic E-state index is 11.2. The molecule has 2 aliphatic carbocycles. The molecule has 0 N–H and O–H groups in total. The van der Waals surface area contributed by atoms with Crippen LogP contribution in [0, 0.1) is 11.8 Å². The van der Waals surface area contributed by atoms with Crippen molar-refractivity contribution < 1.29 is 4.79 Å². The van der Waals surface area contributed by atoms with Crippen LogP contribution in [0.2, 0.25) is 0 Å². The molecule has 2 unspecified atom stereocenters. The lowest BCUT2D eigenvalue weighted by Crippen LogP contribution is -2.22. The smallest absolute Gasteiger partial charge is 0.155 e. The van der Waals surface area contributed by atoms with Crippen molar-refractivity contribution in [1.29, 1.82) is 0 Å². The maximum atomic E-state index is 11.2. The Labute approximate surface area is 86.6 Å². The van der Waals surface area contributed by atoms with E-state index in [0.717, 1.165) is 24.7 Å². The molecule has 1 saturated carbocycles. The molecule has 2 atom stereocenters. The van der Waals surface area contributed by atoms with Gasteiger partial charge in [0, 0.05) is 6.42 Å². The zero-order valence-corrected chi connectivity index (χ0v) is 9.09. The number of hydrogen-bond acceptors (Lipinski definition) is 1. The van der Waals surface area contributed by atoms with E-state index in [1.54, 1.807) is 0 Å². The Kier molecular flexibility index (Phi) is 3.05. The topological polar surface area (TPSA) is 17.1 Å². The minimum Gasteiger partial charge on any atom is -0.295 e. The summed E-state index contributed by atoms with van der Waals surface area (Å²) in [4.78, 5) is 11.2. The van der Waals surface area contributed by atoms with Gasteiger partial charge in [0.1, 0.15) is 0 Å². The van der Waals surface area contributed by atoms with E-state index >= 15 is 0 Å². The minimum absolute atomic E-state index is 0.366. The maximum Gasteiger partial charge on any atom is 0.155 e. The summed E-state index contributed by atoms with van der Waals surface area (Å²) in [6, 6.07) is 0. The van der Waals surface area contributed by atoms with Crippen LogP contribution in [0.1, 0.15) is 51.9 Å². The van der Waals surface area contributed by atoms with Crippen molar-refractivity contribution in [3.05, 3.63) is 11.6 Å². The van der Waals surface area contributed by atoms with Crippen LogP contribution in [0.3, 0.4) is 0 Å². The second-order valence-electron chi connectivity index (χ2n) is 4.85. The SMILES string of the molecule is CCCC1CCC2=CC(=O)CCC2C1. The van der Waals surface area contributed by atoms with Crippen molar-refractivity contribution in [1.82, 2.24) is 0 Å². The fraction of sp³-hybridized carbons (Fsp3) is 0.769. The molecule has 2 aliphatic rings. The van der Waals surface area contributed by atoms with Crippen LogP contribution in [-0.4, -0.2) is 5.78 Å². The second kappa shape index (κ2) is 4.29. The Balaban J connectivity index is 1.98. The highest BCUT2D eigenvalue weighted by Crippen LogP contribution is 2.39. The van der Waals surface area contributed by atoms with Gasteiger partial charge in [-0.05, 0) is 43.6 Å². The van der Waals surface area contributed by atoms with Gasteiger partial charge in [-0.1, -0.05) is 25.3 Å². The van der Waals surface area contributed by atoms with Crippen LogP contribution in [0.25, 0.3) is 0 Å². The summed E-state index contributed by atoms with van der Waals surface area (Å²) in [5.74, 6) is 2.07. The van der Waals surface area contributed by atoms with E-state index in [2.05, 4.69) is 6.92 Å². The van der Waals surface area contributed by atoms with Gasteiger partial charge in [0.05, 0.1) is 0 Å². The Bertz CT molecular complexity index is 252. The zero-order valence-electron chi connectivity index (χ0n) is 9.09. The predicted octanol–water partition coefficient (Wildman–Crippen LogP) is 3.49. The van der Waals surface area contributed by atoms with E-state index in [-0.39, 0.29) is 0 Å². The first kappa shape index (κ1) is 9.95. The van der Waals surface area contributed by atoms with Crippen LogP contribution < -0.4 is 0 Å². The van der Waals surface area contributed by atoms with E-state index in [1.807, 2.05) is 6.08 Å². The molecule has 0 heterocycles. The van der Waals surface area contributed by atoms with Crippen molar-refractivity contribution in [3.63, 3.8) is 0 Å². The standard InChI is InChI=1S/C13H20O/c1-2-3-10-4-5-12-9-13(14)7-6-11(12)8-10/h9-11H,2-8H2,1H3. The Morgan fingerprint density at radius 1 is 1.36 bits per heavy atom. The fourth-order valence-corrected chi connectivity index (χ4v) is 3.01. The highest BCUT2D eigenvalue weighted by Gasteiger charge is 2.28. The number of allylic oxidation sites excluding steroid dienone is 2. The van der Waals surface area contributed by atoms with E-state index in [1.165, 1.54) is 37.7 Å². The van der Waals surface area contributed by atoms with Crippen LogP contribution in [0.5, 0.6) is 0 Å². The van der Waals surface area contributed by atoms with Gasteiger partial charge in [-0.3, -0.25) is 4.79 Å². The molecule has 0 aromatic rings. The zero-order chi connectivity index (χ0) is 9.97. The molecule has 0 aromatic heterocycles. The number of hydrogen-bond donors (Lipinski definition) is 0. The molecule has 14 heavy (non-hydrogen) atoms. The molecule has 0 saturated heterocycles. The van der Waals surface area contributed by atoms with Crippen LogP contribution >= 0.6 is 0 Å². The molecule has 0 bridgehead atoms. The fourth-order valence-electron chi connectivity index (χ4n) is 3.01. The number of rotatable bonds is 2. The lowest BCUT2D eigenvalue weighted by atomic mass is 9.72. The molecule has 0 aliphatic heterocycles. The van der Waals surface area contributed by atoms with E-state index < -0.39 is 0 Å². The quantitative estimate of drug-likeness (QED) is 0.654. The minimum atomic E-state index is 0.366. The number of fused-ring (bicyclic) bond motifs is 1. The summed E-state index contributed by atoms with van der Waals surface area (Å²) < 4.78 is 0. The van der Waals surface area contributed by atoms with Gasteiger partial charge in [0.15, 0.2) is 5.78 Å². The third-order valence-electron chi connectivity index (χ3n) is 3.77. The average molecular weight is 192 g/mol. The summed E-state index contributed by atoms with van der Waals surface area (Å²) in [6.07, 6.45) is 10.4. The van der Waals surface area contributed by atoms with Crippen molar-refractivity contribution in [2.24, 2.45) is 11.8 Å². The number of carbonyl (C=O) groups is 1. The van der Waals surface area contributed by atoms with Gasteiger partial charge < -0.3 is 0 Å². The van der Waals surface area contributed by atoms with Crippen LogP contribution in [0.4, 0.5) is 0 Å². The summed E-state index contributed by atoms with van der Waals surface area (Å²) in [6.45, 7) is 2.27. The third-order valence-corrected chi connectivity index (χ3v) is 3.77. The van der Waals surface area contributed by atoms with E-state index in [4.69, 9.17) is 0 Å². The van der Waals surface area contributed by atoms with Gasteiger partial charge in [0.25, 0.3) is 0 Å². The van der Waals surface area contributed by atoms with Gasteiger partial charge in [-0.25, -0.2) is 0 Å². The van der Waals surface area contributed by atoms with Crippen molar-refractivity contribution in [2.75, 3.05) is 0 Å². The average Bonchev–Trinajstić information content (AvgIpc) is 2.19. The molecule has 78 valence electrons. The molecule has 1 heteroatoms. The number of carbonyl (C=O) groups excluding carboxylic acids is 1. The van der Waals surface area contributed by atoms with Gasteiger partial charge >= 0.3 is 0 Å². The molecule has 1 nitrogen and oxygen atoms in total. The molecule has 0 radical (unpaired) electrons. The first-order valence-corrected chi connectivity index (χ1v) is 6.03. The van der Waals surface area contributed by atoms with Crippen LogP contribution in [0.15, 0.2) is 11.6 Å². The van der Waals surface area contributed by atoms with Gasteiger partial charge in [-0.15, -0.1) is 0 Å². The Morgan fingerprint density at radius 2 is 2.21 bits per heavy atom. The normalized spacial score (nSPS) is 32.4. The highest BCUT2D eigenvalue weighted by atomic mass is 16.1. The lowest BCUT2D eigenvalue weighted by molar-refractivity contribution is -0.115. The summed E-state index contributed by atoms with van der Waals surface area (Å²) in [7, 11) is 0. The first-order valence-electron chi connectivity index (χ1n) is 6.03. The molecule has 2 rings (SSSR count). The first-order chi connectivity index (χ1) is 6.79. The van der Waals surface area contributed by atoms with Crippen LogP contribution in [-0.2, 0) is 4.79 Å². The largest absolute Gasteiger partial charge is 0.295 e. The summed E-state index contributed by atoms with van der Waals surface area (Å²) in [5.41, 5.74) is 1.47. The van der Waals surface area contributed by atoms with Crippen molar-refractivity contribution in [2.45, 2.75) is 51.9 Å². The Hall–Kier alpha value is -0.590. The summed E-state index contributed by atoms with van der Waals surface area (Å²) >= 11 is 0. The summed E-state index contributed by atoms with van der Waals surface area (Å²) in [5, 5.41) is 0. The molecular weight excluding hydrogens is 172 g/mol. The molecular formula is C13H20O. The highest BCUT2D eigenvalue weighted by molar-refractivity contribution is 5.91. The predicted molar refractivity (Wildman–Crippen MR) is 58.1 cm³/mol. The monoisotopic (exact) mass is 192 g/mol. The lowest BCUT2D eigenvalue weighted by Gasteiger charge is -2.33. The third kappa shape index (κ3) is 2.08. The van der Waals surface area contributed by atoms with Gasteiger partial charge in [0.2, 0.25) is 0 Å². The molecule has 0 aromatic carbocycles. The van der Waals surface area contributed by atoms with E-state index in [0.29, 0.717) is 5.78 Å².